The van der Waals surface area contributed by atoms with E-state index >= 15 is 0 Å². The molecule has 2 rings (SSSR count). The van der Waals surface area contributed by atoms with E-state index in [2.05, 4.69) is 0 Å². The average molecular weight is 253 g/mol. The number of rotatable bonds is 2. The maximum absolute atomic E-state index is 12.3. The van der Waals surface area contributed by atoms with Crippen molar-refractivity contribution in [2.75, 3.05) is 13.1 Å². The van der Waals surface area contributed by atoms with Crippen LogP contribution in [0.2, 0.25) is 0 Å². The third kappa shape index (κ3) is 3.06. The maximum atomic E-state index is 12.3. The van der Waals surface area contributed by atoms with E-state index in [4.69, 9.17) is 4.74 Å². The van der Waals surface area contributed by atoms with E-state index in [1.54, 1.807) is 0 Å². The molecule has 96 valence electrons. The summed E-state index contributed by atoms with van der Waals surface area (Å²) in [4.78, 5) is 12.9. The zero-order chi connectivity index (χ0) is 13.0. The van der Waals surface area contributed by atoms with Crippen molar-refractivity contribution in [3.05, 3.63) is 47.5 Å². The fourth-order valence-corrected chi connectivity index (χ4v) is 1.78. The van der Waals surface area contributed by atoms with Crippen molar-refractivity contribution in [1.82, 2.24) is 4.90 Å². The maximum Gasteiger partial charge on any atom is 0.410 e. The molecule has 5 heteroatoms. The molecule has 1 fully saturated rings. The van der Waals surface area contributed by atoms with Crippen LogP contribution in [0.15, 0.2) is 42.0 Å². The molecular weight excluding hydrogens is 240 g/mol. The molecule has 0 aliphatic carbocycles. The van der Waals surface area contributed by atoms with Gasteiger partial charge in [0.1, 0.15) is 6.61 Å². The quantitative estimate of drug-likeness (QED) is 0.810. The fraction of sp³-hybridized carbons (Fsp3) is 0.308. The second-order valence-electron chi connectivity index (χ2n) is 4.08. The molecule has 0 bridgehead atoms. The number of ether oxygens (including phenoxy) is 1. The molecule has 1 aliphatic heterocycles. The molecule has 1 aromatic carbocycles. The van der Waals surface area contributed by atoms with Crippen molar-refractivity contribution in [1.29, 1.82) is 0 Å². The highest BCUT2D eigenvalue weighted by molar-refractivity contribution is 5.68. The van der Waals surface area contributed by atoms with Crippen LogP contribution >= 0.6 is 0 Å². The van der Waals surface area contributed by atoms with Crippen LogP contribution in [0.4, 0.5) is 13.6 Å². The zero-order valence-electron chi connectivity index (χ0n) is 9.73. The van der Waals surface area contributed by atoms with E-state index in [-0.39, 0.29) is 25.1 Å². The van der Waals surface area contributed by atoms with Crippen LogP contribution in [0.3, 0.4) is 0 Å². The Labute approximate surface area is 104 Å². The molecule has 0 aromatic heterocycles. The fourth-order valence-electron chi connectivity index (χ4n) is 1.78. The summed E-state index contributed by atoms with van der Waals surface area (Å²) in [5.74, 6) is 0. The Hall–Kier alpha value is -1.91. The van der Waals surface area contributed by atoms with Gasteiger partial charge >= 0.3 is 6.09 Å². The Balaban J connectivity index is 1.85. The van der Waals surface area contributed by atoms with E-state index in [0.29, 0.717) is 6.54 Å². The Kier molecular flexibility index (Phi) is 3.92. The number of hydrogen-bond donors (Lipinski definition) is 0. The highest BCUT2D eigenvalue weighted by atomic mass is 19.3. The SMILES string of the molecule is O=C(OCc1ccccc1)N1CCC(=C(F)F)C1. The predicted molar refractivity (Wildman–Crippen MR) is 62.1 cm³/mol. The predicted octanol–water partition coefficient (Wildman–Crippen LogP) is 3.18. The summed E-state index contributed by atoms with van der Waals surface area (Å²) in [5.41, 5.74) is 0.893. The largest absolute Gasteiger partial charge is 0.445 e. The average Bonchev–Trinajstić information content (AvgIpc) is 2.87. The van der Waals surface area contributed by atoms with E-state index in [0.717, 1.165) is 5.56 Å². The minimum absolute atomic E-state index is 0.0201. The molecule has 1 heterocycles. The van der Waals surface area contributed by atoms with Gasteiger partial charge in [-0.1, -0.05) is 30.3 Å². The van der Waals surface area contributed by atoms with E-state index in [9.17, 15) is 13.6 Å². The summed E-state index contributed by atoms with van der Waals surface area (Å²) < 4.78 is 29.7. The van der Waals surface area contributed by atoms with Gasteiger partial charge in [0, 0.05) is 12.1 Å². The lowest BCUT2D eigenvalue weighted by atomic mass is 10.2. The molecule has 1 aromatic rings. The first-order valence-corrected chi connectivity index (χ1v) is 5.65. The smallest absolute Gasteiger partial charge is 0.410 e. The van der Waals surface area contributed by atoms with Crippen molar-refractivity contribution in [3.63, 3.8) is 0 Å². The molecule has 0 spiro atoms. The molecule has 0 saturated carbocycles. The first kappa shape index (κ1) is 12.5. The van der Waals surface area contributed by atoms with E-state index < -0.39 is 12.2 Å². The summed E-state index contributed by atoms with van der Waals surface area (Å²) in [5, 5.41) is 0. The standard InChI is InChI=1S/C13H13F2NO2/c14-12(15)11-6-7-16(8-11)13(17)18-9-10-4-2-1-3-5-10/h1-5H,6-9H2. The van der Waals surface area contributed by atoms with E-state index in [1.807, 2.05) is 30.3 Å². The van der Waals surface area contributed by atoms with Crippen LogP contribution in [0, 0.1) is 0 Å². The second kappa shape index (κ2) is 5.62. The summed E-state index contributed by atoms with van der Waals surface area (Å²) in [6.45, 7) is 0.420. The first-order valence-electron chi connectivity index (χ1n) is 5.65. The third-order valence-corrected chi connectivity index (χ3v) is 2.80. The molecule has 3 nitrogen and oxygen atoms in total. The number of carbonyl (C=O) groups excluding carboxylic acids is 1. The van der Waals surface area contributed by atoms with Crippen LogP contribution in [0.5, 0.6) is 0 Å². The van der Waals surface area contributed by atoms with Gasteiger partial charge in [-0.15, -0.1) is 0 Å². The summed E-state index contributed by atoms with van der Waals surface area (Å²) >= 11 is 0. The van der Waals surface area contributed by atoms with Crippen molar-refractivity contribution in [2.45, 2.75) is 13.0 Å². The molecule has 0 N–H and O–H groups in total. The minimum atomic E-state index is -1.69. The Morgan fingerprint density at radius 2 is 2.00 bits per heavy atom. The van der Waals surface area contributed by atoms with Crippen LogP contribution in [-0.2, 0) is 11.3 Å². The highest BCUT2D eigenvalue weighted by Crippen LogP contribution is 2.21. The molecular formula is C13H13F2NO2. The number of amides is 1. The molecule has 0 unspecified atom stereocenters. The number of nitrogens with zero attached hydrogens (tertiary/aromatic N) is 1. The normalized spacial score (nSPS) is 14.8. The number of halogens is 2. The first-order chi connectivity index (χ1) is 8.66. The Morgan fingerprint density at radius 1 is 1.28 bits per heavy atom. The van der Waals surface area contributed by atoms with Crippen LogP contribution < -0.4 is 0 Å². The summed E-state index contributed by atoms with van der Waals surface area (Å²) in [6.07, 6.45) is -2.01. The van der Waals surface area contributed by atoms with Gasteiger partial charge in [-0.05, 0) is 12.0 Å². The number of carbonyl (C=O) groups is 1. The van der Waals surface area contributed by atoms with Crippen molar-refractivity contribution in [2.24, 2.45) is 0 Å². The lowest BCUT2D eigenvalue weighted by molar-refractivity contribution is 0.105. The van der Waals surface area contributed by atoms with Crippen LogP contribution in [0.25, 0.3) is 0 Å². The Bertz CT molecular complexity index is 455. The van der Waals surface area contributed by atoms with Crippen molar-refractivity contribution in [3.8, 4) is 0 Å². The van der Waals surface area contributed by atoms with Crippen LogP contribution in [0.1, 0.15) is 12.0 Å². The molecule has 18 heavy (non-hydrogen) atoms. The van der Waals surface area contributed by atoms with Gasteiger partial charge in [0.2, 0.25) is 0 Å². The second-order valence-corrected chi connectivity index (χ2v) is 4.08. The molecule has 0 atom stereocenters. The number of likely N-dealkylation sites (tertiary alicyclic amines) is 1. The van der Waals surface area contributed by atoms with E-state index in [1.165, 1.54) is 4.90 Å². The monoisotopic (exact) mass is 253 g/mol. The van der Waals surface area contributed by atoms with Gasteiger partial charge < -0.3 is 9.64 Å². The summed E-state index contributed by atoms with van der Waals surface area (Å²) in [6, 6.07) is 9.23. The highest BCUT2D eigenvalue weighted by Gasteiger charge is 2.25. The minimum Gasteiger partial charge on any atom is -0.445 e. The van der Waals surface area contributed by atoms with Gasteiger partial charge in [0.25, 0.3) is 6.08 Å². The van der Waals surface area contributed by atoms with Crippen LogP contribution in [-0.4, -0.2) is 24.1 Å². The van der Waals surface area contributed by atoms with Gasteiger partial charge in [0.05, 0.1) is 6.54 Å². The third-order valence-electron chi connectivity index (χ3n) is 2.80. The van der Waals surface area contributed by atoms with Gasteiger partial charge in [-0.2, -0.15) is 8.78 Å². The van der Waals surface area contributed by atoms with Gasteiger partial charge in [0.15, 0.2) is 0 Å². The molecule has 1 amide bonds. The number of hydrogen-bond acceptors (Lipinski definition) is 2. The van der Waals surface area contributed by atoms with Gasteiger partial charge in [-0.3, -0.25) is 0 Å². The molecule has 1 aliphatic rings. The van der Waals surface area contributed by atoms with Crippen molar-refractivity contribution >= 4 is 6.09 Å². The topological polar surface area (TPSA) is 29.5 Å². The lowest BCUT2D eigenvalue weighted by Gasteiger charge is -2.14. The molecule has 0 radical (unpaired) electrons. The summed E-state index contributed by atoms with van der Waals surface area (Å²) in [7, 11) is 0. The Morgan fingerprint density at radius 3 is 2.61 bits per heavy atom. The molecule has 1 saturated heterocycles. The zero-order valence-corrected chi connectivity index (χ0v) is 9.73. The van der Waals surface area contributed by atoms with Gasteiger partial charge in [-0.25, -0.2) is 4.79 Å². The van der Waals surface area contributed by atoms with Crippen molar-refractivity contribution < 1.29 is 18.3 Å². The lowest BCUT2D eigenvalue weighted by Crippen LogP contribution is -2.28. The number of benzene rings is 1.